The zero-order valence-electron chi connectivity index (χ0n) is 15.5. The van der Waals surface area contributed by atoms with Gasteiger partial charge in [-0.15, -0.1) is 0 Å². The van der Waals surface area contributed by atoms with Crippen molar-refractivity contribution < 1.29 is 9.50 Å². The number of hydrogen-bond donors (Lipinski definition) is 1. The van der Waals surface area contributed by atoms with Crippen molar-refractivity contribution in [3.05, 3.63) is 71.7 Å². The van der Waals surface area contributed by atoms with Gasteiger partial charge in [0.15, 0.2) is 0 Å². The lowest BCUT2D eigenvalue weighted by Crippen LogP contribution is -2.37. The summed E-state index contributed by atoms with van der Waals surface area (Å²) >= 11 is 0. The maximum absolute atomic E-state index is 13.8. The third-order valence-electron chi connectivity index (χ3n) is 5.03. The van der Waals surface area contributed by atoms with Crippen LogP contribution >= 0.6 is 0 Å². The maximum atomic E-state index is 13.8. The first-order valence-electron chi connectivity index (χ1n) is 9.40. The summed E-state index contributed by atoms with van der Waals surface area (Å²) in [6.07, 6.45) is 3.59. The number of nitrogens with zero attached hydrogens (tertiary/aromatic N) is 3. The predicted octanol–water partition coefficient (Wildman–Crippen LogP) is 3.94. The van der Waals surface area contributed by atoms with Gasteiger partial charge in [-0.05, 0) is 56.1 Å². The second kappa shape index (κ2) is 7.62. The summed E-state index contributed by atoms with van der Waals surface area (Å²) in [4.78, 5) is 2.24. The van der Waals surface area contributed by atoms with Gasteiger partial charge in [0.25, 0.3) is 0 Å². The molecule has 0 aliphatic carbocycles. The lowest BCUT2D eigenvalue weighted by atomic mass is 10.1. The van der Waals surface area contributed by atoms with Crippen molar-refractivity contribution in [3.63, 3.8) is 0 Å². The second-order valence-electron chi connectivity index (χ2n) is 7.33. The molecule has 4 nitrogen and oxygen atoms in total. The van der Waals surface area contributed by atoms with E-state index in [1.807, 2.05) is 29.1 Å². The Kier molecular flexibility index (Phi) is 5.05. The molecule has 2 heterocycles. The number of likely N-dealkylation sites (tertiary alicyclic amines) is 1. The summed E-state index contributed by atoms with van der Waals surface area (Å²) in [6.45, 7) is 4.36. The third kappa shape index (κ3) is 4.10. The summed E-state index contributed by atoms with van der Waals surface area (Å²) < 4.78 is 15.7. The highest BCUT2D eigenvalue weighted by molar-refractivity contribution is 5.63. The molecule has 1 aromatic heterocycles. The van der Waals surface area contributed by atoms with E-state index in [0.29, 0.717) is 13.1 Å². The first kappa shape index (κ1) is 17.9. The van der Waals surface area contributed by atoms with E-state index >= 15 is 0 Å². The quantitative estimate of drug-likeness (QED) is 0.761. The van der Waals surface area contributed by atoms with E-state index < -0.39 is 0 Å². The molecule has 5 heteroatoms. The van der Waals surface area contributed by atoms with E-state index in [2.05, 4.69) is 24.0 Å². The molecule has 1 saturated heterocycles. The number of aryl methyl sites for hydroxylation is 1. The average molecular weight is 365 g/mol. The predicted molar refractivity (Wildman–Crippen MR) is 104 cm³/mol. The zero-order valence-corrected chi connectivity index (χ0v) is 15.5. The number of benzene rings is 2. The number of piperidine rings is 1. The first-order valence-corrected chi connectivity index (χ1v) is 9.40. The summed E-state index contributed by atoms with van der Waals surface area (Å²) in [5.41, 5.74) is 4.75. The Bertz CT molecular complexity index is 937. The van der Waals surface area contributed by atoms with Crippen LogP contribution in [-0.2, 0) is 6.54 Å². The third-order valence-corrected chi connectivity index (χ3v) is 5.03. The molecule has 3 aromatic rings. The van der Waals surface area contributed by atoms with Crippen LogP contribution in [0.1, 0.15) is 24.0 Å². The van der Waals surface area contributed by atoms with Gasteiger partial charge in [-0.2, -0.15) is 5.10 Å². The van der Waals surface area contributed by atoms with Gasteiger partial charge < -0.3 is 5.11 Å². The fraction of sp³-hybridized carbons (Fsp3) is 0.318. The second-order valence-corrected chi connectivity index (χ2v) is 7.33. The highest BCUT2D eigenvalue weighted by atomic mass is 19.1. The molecule has 0 spiro atoms. The molecule has 1 aliphatic heterocycles. The standard InChI is InChI=1S/C22H24FN3O/c1-16-5-2-8-20(11-16)26-14-18(13-25-10-4-9-21(27)15-25)22(24-26)17-6-3-7-19(23)12-17/h2-3,5-8,11-12,14,21,27H,4,9-10,13,15H2,1H3. The summed E-state index contributed by atoms with van der Waals surface area (Å²) in [5, 5.41) is 14.8. The van der Waals surface area contributed by atoms with E-state index in [0.717, 1.165) is 47.5 Å². The van der Waals surface area contributed by atoms with E-state index in [4.69, 9.17) is 5.10 Å². The van der Waals surface area contributed by atoms with Crippen molar-refractivity contribution in [2.45, 2.75) is 32.4 Å². The molecule has 4 rings (SSSR count). The number of β-amino-alcohol motifs (C(OH)–C–C–N with tert-alkyl or cyclic N) is 1. The zero-order chi connectivity index (χ0) is 18.8. The molecule has 0 radical (unpaired) electrons. The normalized spacial score (nSPS) is 18.0. The van der Waals surface area contributed by atoms with Crippen molar-refractivity contribution in [1.82, 2.24) is 14.7 Å². The molecule has 1 atom stereocenters. The van der Waals surface area contributed by atoms with Crippen molar-refractivity contribution in [1.29, 1.82) is 0 Å². The Labute approximate surface area is 158 Å². The molecule has 1 aliphatic rings. The van der Waals surface area contributed by atoms with Gasteiger partial charge in [0.1, 0.15) is 5.82 Å². The summed E-state index contributed by atoms with van der Waals surface area (Å²) in [6, 6.07) is 14.7. The van der Waals surface area contributed by atoms with Gasteiger partial charge in [-0.25, -0.2) is 9.07 Å². The summed E-state index contributed by atoms with van der Waals surface area (Å²) in [7, 11) is 0. The number of aliphatic hydroxyl groups is 1. The van der Waals surface area contributed by atoms with Gasteiger partial charge in [0.2, 0.25) is 0 Å². The molecule has 0 bridgehead atoms. The molecule has 1 unspecified atom stereocenters. The Morgan fingerprint density at radius 3 is 2.81 bits per heavy atom. The molecular weight excluding hydrogens is 341 g/mol. The Balaban J connectivity index is 1.73. The number of aliphatic hydroxyl groups excluding tert-OH is 1. The fourth-order valence-electron chi connectivity index (χ4n) is 3.72. The van der Waals surface area contributed by atoms with Crippen LogP contribution in [-0.4, -0.2) is 39.0 Å². The minimum Gasteiger partial charge on any atom is -0.392 e. The van der Waals surface area contributed by atoms with Crippen LogP contribution in [0.25, 0.3) is 16.9 Å². The number of halogens is 1. The molecular formula is C22H24FN3O. The average Bonchev–Trinajstić information content (AvgIpc) is 3.06. The van der Waals surface area contributed by atoms with Crippen LogP contribution in [0.5, 0.6) is 0 Å². The monoisotopic (exact) mass is 365 g/mol. The first-order chi connectivity index (χ1) is 13.1. The van der Waals surface area contributed by atoms with Gasteiger partial charge in [-0.1, -0.05) is 24.3 Å². The van der Waals surface area contributed by atoms with Crippen LogP contribution < -0.4 is 0 Å². The van der Waals surface area contributed by atoms with E-state index in [1.165, 1.54) is 12.1 Å². The molecule has 1 fully saturated rings. The largest absolute Gasteiger partial charge is 0.392 e. The van der Waals surface area contributed by atoms with Crippen molar-refractivity contribution in [2.75, 3.05) is 13.1 Å². The molecule has 140 valence electrons. The van der Waals surface area contributed by atoms with E-state index in [-0.39, 0.29) is 11.9 Å². The molecule has 1 N–H and O–H groups in total. The van der Waals surface area contributed by atoms with Crippen LogP contribution in [0.3, 0.4) is 0 Å². The van der Waals surface area contributed by atoms with Gasteiger partial charge in [0, 0.05) is 30.4 Å². The number of rotatable bonds is 4. The van der Waals surface area contributed by atoms with Crippen LogP contribution in [0.15, 0.2) is 54.7 Å². The lowest BCUT2D eigenvalue weighted by molar-refractivity contribution is 0.0669. The molecule has 2 aromatic carbocycles. The molecule has 0 amide bonds. The van der Waals surface area contributed by atoms with Crippen LogP contribution in [0.4, 0.5) is 4.39 Å². The minimum atomic E-state index is -0.275. The number of aromatic nitrogens is 2. The van der Waals surface area contributed by atoms with Crippen molar-refractivity contribution >= 4 is 0 Å². The topological polar surface area (TPSA) is 41.3 Å². The van der Waals surface area contributed by atoms with Crippen LogP contribution in [0.2, 0.25) is 0 Å². The van der Waals surface area contributed by atoms with Crippen LogP contribution in [0, 0.1) is 12.7 Å². The maximum Gasteiger partial charge on any atom is 0.123 e. The van der Waals surface area contributed by atoms with Gasteiger partial charge in [0.05, 0.1) is 17.5 Å². The summed E-state index contributed by atoms with van der Waals surface area (Å²) in [5.74, 6) is -0.267. The van der Waals surface area contributed by atoms with E-state index in [1.54, 1.807) is 6.07 Å². The van der Waals surface area contributed by atoms with Crippen molar-refractivity contribution in [3.8, 4) is 16.9 Å². The Morgan fingerprint density at radius 1 is 1.19 bits per heavy atom. The van der Waals surface area contributed by atoms with E-state index in [9.17, 15) is 9.50 Å². The van der Waals surface area contributed by atoms with Gasteiger partial charge in [-0.3, -0.25) is 4.90 Å². The Hall–Kier alpha value is -2.50. The molecule has 0 saturated carbocycles. The smallest absolute Gasteiger partial charge is 0.123 e. The SMILES string of the molecule is Cc1cccc(-n2cc(CN3CCCC(O)C3)c(-c3cccc(F)c3)n2)c1. The highest BCUT2D eigenvalue weighted by Crippen LogP contribution is 2.26. The van der Waals surface area contributed by atoms with Gasteiger partial charge >= 0.3 is 0 Å². The fourth-order valence-corrected chi connectivity index (χ4v) is 3.72. The lowest BCUT2D eigenvalue weighted by Gasteiger charge is -2.29. The molecule has 27 heavy (non-hydrogen) atoms. The Morgan fingerprint density at radius 2 is 2.04 bits per heavy atom. The highest BCUT2D eigenvalue weighted by Gasteiger charge is 2.21. The minimum absolute atomic E-state index is 0.267. The van der Waals surface area contributed by atoms with Crippen molar-refractivity contribution in [2.24, 2.45) is 0 Å². The number of hydrogen-bond acceptors (Lipinski definition) is 3.